The van der Waals surface area contributed by atoms with Crippen LogP contribution in [0.3, 0.4) is 0 Å². The SMILES string of the molecule is C=C\C=C/C(=C\C)C(/C)=N/N=C(\CCCC)c1ccccc1. The fourth-order valence-electron chi connectivity index (χ4n) is 2.02. The van der Waals surface area contributed by atoms with Gasteiger partial charge in [-0.25, -0.2) is 0 Å². The first-order chi connectivity index (χ1) is 10.7. The molecule has 1 rings (SSSR count). The summed E-state index contributed by atoms with van der Waals surface area (Å²) in [7, 11) is 0. The topological polar surface area (TPSA) is 24.7 Å². The number of nitrogens with zero attached hydrogens (tertiary/aromatic N) is 2. The smallest absolute Gasteiger partial charge is 0.0702 e. The Labute approximate surface area is 134 Å². The van der Waals surface area contributed by atoms with Crippen LogP contribution in [0.2, 0.25) is 0 Å². The first-order valence-electron chi connectivity index (χ1n) is 7.85. The van der Waals surface area contributed by atoms with Crippen molar-refractivity contribution >= 4 is 11.4 Å². The van der Waals surface area contributed by atoms with Gasteiger partial charge in [0, 0.05) is 0 Å². The van der Waals surface area contributed by atoms with Gasteiger partial charge in [0.1, 0.15) is 0 Å². The van der Waals surface area contributed by atoms with Crippen LogP contribution in [0.15, 0.2) is 77.0 Å². The summed E-state index contributed by atoms with van der Waals surface area (Å²) in [6, 6.07) is 10.3. The first-order valence-corrected chi connectivity index (χ1v) is 7.85. The van der Waals surface area contributed by atoms with Gasteiger partial charge in [-0.1, -0.05) is 74.6 Å². The minimum atomic E-state index is 0.908. The molecule has 116 valence electrons. The van der Waals surface area contributed by atoms with E-state index in [1.165, 1.54) is 0 Å². The van der Waals surface area contributed by atoms with Crippen molar-refractivity contribution < 1.29 is 0 Å². The zero-order valence-corrected chi connectivity index (χ0v) is 13.9. The summed E-state index contributed by atoms with van der Waals surface area (Å²) in [6.45, 7) is 9.86. The molecule has 0 fully saturated rings. The number of allylic oxidation sites excluding steroid dienone is 5. The molecule has 0 radical (unpaired) electrons. The molecule has 0 aliphatic rings. The van der Waals surface area contributed by atoms with Crippen molar-refractivity contribution in [2.75, 3.05) is 0 Å². The van der Waals surface area contributed by atoms with Gasteiger partial charge in [0.15, 0.2) is 0 Å². The molecule has 1 aromatic rings. The number of hydrogen-bond donors (Lipinski definition) is 0. The molecule has 0 amide bonds. The van der Waals surface area contributed by atoms with Crippen molar-refractivity contribution in [3.63, 3.8) is 0 Å². The van der Waals surface area contributed by atoms with Crippen LogP contribution in [0.25, 0.3) is 0 Å². The molecule has 0 bridgehead atoms. The van der Waals surface area contributed by atoms with Gasteiger partial charge in [0.05, 0.1) is 11.4 Å². The molecule has 1 aromatic carbocycles. The average Bonchev–Trinajstić information content (AvgIpc) is 2.56. The highest BCUT2D eigenvalue weighted by molar-refractivity contribution is 6.03. The highest BCUT2D eigenvalue weighted by atomic mass is 15.2. The summed E-state index contributed by atoms with van der Waals surface area (Å²) >= 11 is 0. The highest BCUT2D eigenvalue weighted by Crippen LogP contribution is 2.10. The third-order valence-electron chi connectivity index (χ3n) is 3.34. The average molecular weight is 294 g/mol. The van der Waals surface area contributed by atoms with Gasteiger partial charge < -0.3 is 0 Å². The van der Waals surface area contributed by atoms with E-state index in [0.29, 0.717) is 0 Å². The van der Waals surface area contributed by atoms with Crippen LogP contribution in [-0.4, -0.2) is 11.4 Å². The second-order valence-electron chi connectivity index (χ2n) is 5.04. The van der Waals surface area contributed by atoms with E-state index >= 15 is 0 Å². The minimum absolute atomic E-state index is 0.908. The normalized spacial score (nSPS) is 13.7. The standard InChI is InChI=1S/C20H26N2/c1-5-8-13-18(7-3)17(4)21-22-20(16-9-6-2)19-14-11-10-12-15-19/h5,7-8,10-15H,1,6,9,16H2,2-4H3/b13-8-,18-7+,21-17+,22-20+. The monoisotopic (exact) mass is 294 g/mol. The predicted molar refractivity (Wildman–Crippen MR) is 98.7 cm³/mol. The molecule has 0 heterocycles. The maximum absolute atomic E-state index is 4.51. The van der Waals surface area contributed by atoms with Gasteiger partial charge in [-0.2, -0.15) is 10.2 Å². The Morgan fingerprint density at radius 1 is 1.18 bits per heavy atom. The molecule has 0 aliphatic carbocycles. The molecule has 2 heteroatoms. The Bertz CT molecular complexity index is 575. The molecule has 0 aliphatic heterocycles. The lowest BCUT2D eigenvalue weighted by Gasteiger charge is -2.05. The van der Waals surface area contributed by atoms with Gasteiger partial charge in [-0.3, -0.25) is 0 Å². The Kier molecular flexibility index (Phi) is 8.51. The van der Waals surface area contributed by atoms with Gasteiger partial charge in [0.25, 0.3) is 0 Å². The molecular weight excluding hydrogens is 268 g/mol. The maximum atomic E-state index is 4.51. The number of benzene rings is 1. The third-order valence-corrected chi connectivity index (χ3v) is 3.34. The van der Waals surface area contributed by atoms with Crippen LogP contribution in [0, 0.1) is 0 Å². The first kappa shape index (κ1) is 17.8. The zero-order chi connectivity index (χ0) is 16.2. The van der Waals surface area contributed by atoms with Gasteiger partial charge >= 0.3 is 0 Å². The molecule has 0 unspecified atom stereocenters. The van der Waals surface area contributed by atoms with Crippen LogP contribution in [0.5, 0.6) is 0 Å². The van der Waals surface area contributed by atoms with Crippen molar-refractivity contribution in [3.8, 4) is 0 Å². The maximum Gasteiger partial charge on any atom is 0.0702 e. The lowest BCUT2D eigenvalue weighted by Crippen LogP contribution is -2.01. The summed E-state index contributed by atoms with van der Waals surface area (Å²) in [6.07, 6.45) is 10.9. The second-order valence-corrected chi connectivity index (χ2v) is 5.04. The lowest BCUT2D eigenvalue weighted by atomic mass is 10.1. The van der Waals surface area contributed by atoms with E-state index in [0.717, 1.165) is 41.8 Å². The summed E-state index contributed by atoms with van der Waals surface area (Å²) in [5, 5.41) is 8.94. The molecule has 0 spiro atoms. The van der Waals surface area contributed by atoms with E-state index in [1.54, 1.807) is 6.08 Å². The van der Waals surface area contributed by atoms with Crippen molar-refractivity contribution in [1.82, 2.24) is 0 Å². The summed E-state index contributed by atoms with van der Waals surface area (Å²) in [5.74, 6) is 0. The third kappa shape index (κ3) is 6.04. The van der Waals surface area contributed by atoms with Crippen LogP contribution >= 0.6 is 0 Å². The van der Waals surface area contributed by atoms with Crippen LogP contribution in [-0.2, 0) is 0 Å². The van der Waals surface area contributed by atoms with Crippen LogP contribution in [0.4, 0.5) is 0 Å². The summed E-state index contributed by atoms with van der Waals surface area (Å²) in [4.78, 5) is 0. The van der Waals surface area contributed by atoms with E-state index < -0.39 is 0 Å². The number of rotatable bonds is 8. The Hall–Kier alpha value is -2.22. The second kappa shape index (κ2) is 10.5. The number of hydrogen-bond acceptors (Lipinski definition) is 2. The molecule has 0 saturated heterocycles. The van der Waals surface area contributed by atoms with Gasteiger partial charge in [-0.05, 0) is 37.8 Å². The van der Waals surface area contributed by atoms with E-state index in [9.17, 15) is 0 Å². The van der Waals surface area contributed by atoms with Crippen molar-refractivity contribution in [3.05, 3.63) is 72.4 Å². The Morgan fingerprint density at radius 2 is 1.91 bits per heavy atom. The largest absolute Gasteiger partial charge is 0.155 e. The van der Waals surface area contributed by atoms with Crippen molar-refractivity contribution in [2.45, 2.75) is 40.0 Å². The summed E-state index contributed by atoms with van der Waals surface area (Å²) in [5.41, 5.74) is 4.16. The molecule has 0 N–H and O–H groups in total. The summed E-state index contributed by atoms with van der Waals surface area (Å²) < 4.78 is 0. The molecule has 0 aromatic heterocycles. The van der Waals surface area contributed by atoms with Gasteiger partial charge in [0.2, 0.25) is 0 Å². The van der Waals surface area contributed by atoms with Gasteiger partial charge in [-0.15, -0.1) is 0 Å². The molecular formula is C20H26N2. The molecule has 0 atom stereocenters. The van der Waals surface area contributed by atoms with E-state index in [1.807, 2.05) is 50.3 Å². The Morgan fingerprint density at radius 3 is 2.50 bits per heavy atom. The number of unbranched alkanes of at least 4 members (excludes halogenated alkanes) is 1. The van der Waals surface area contributed by atoms with Crippen LogP contribution in [0.1, 0.15) is 45.6 Å². The predicted octanol–water partition coefficient (Wildman–Crippen LogP) is 5.73. The molecule has 0 saturated carbocycles. The quantitative estimate of drug-likeness (QED) is 0.332. The van der Waals surface area contributed by atoms with E-state index in [2.05, 4.69) is 35.8 Å². The fraction of sp³-hybridized carbons (Fsp3) is 0.300. The van der Waals surface area contributed by atoms with E-state index in [4.69, 9.17) is 0 Å². The zero-order valence-electron chi connectivity index (χ0n) is 13.9. The van der Waals surface area contributed by atoms with E-state index in [-0.39, 0.29) is 0 Å². The van der Waals surface area contributed by atoms with Crippen molar-refractivity contribution in [2.24, 2.45) is 10.2 Å². The minimum Gasteiger partial charge on any atom is -0.155 e. The van der Waals surface area contributed by atoms with Crippen molar-refractivity contribution in [1.29, 1.82) is 0 Å². The fourth-order valence-corrected chi connectivity index (χ4v) is 2.02. The Balaban J connectivity index is 3.03. The molecule has 22 heavy (non-hydrogen) atoms. The molecule has 2 nitrogen and oxygen atoms in total. The van der Waals surface area contributed by atoms with Crippen LogP contribution < -0.4 is 0 Å². The highest BCUT2D eigenvalue weighted by Gasteiger charge is 2.03. The lowest BCUT2D eigenvalue weighted by molar-refractivity contribution is 0.832.